The van der Waals surface area contributed by atoms with Gasteiger partial charge < -0.3 is 19.5 Å². The molecule has 3 rings (SSSR count). The number of hydrogen-bond donors (Lipinski definition) is 1. The molecule has 3 aliphatic rings. The monoisotopic (exact) mass is 329 g/mol. The number of rotatable bonds is 3. The Morgan fingerprint density at radius 2 is 1.61 bits per heavy atom. The summed E-state index contributed by atoms with van der Waals surface area (Å²) in [6, 6.07) is 0. The van der Waals surface area contributed by atoms with E-state index in [2.05, 4.69) is 33.0 Å². The van der Waals surface area contributed by atoms with E-state index in [0.29, 0.717) is 24.4 Å². The number of morpholine rings is 1. The van der Waals surface area contributed by atoms with Gasteiger partial charge in [-0.05, 0) is 38.5 Å². The molecule has 0 aromatic rings. The average Bonchev–Trinajstić information content (AvgIpc) is 3.35. The molecule has 4 heteroatoms. The standard InChI is InChI=1S/C11H20O2.C6H13NO.C2H6/c1-8-3-4-9(2)11(5-8)13-7-10-6-12-10;1-5-3-7-4-6(2)8-5;1-2/h8-11H,3-7H2,1-2H3;5-7H,3-4H2,1-2H3;1-2H3. The maximum absolute atomic E-state index is 5.86. The molecule has 1 saturated carbocycles. The lowest BCUT2D eigenvalue weighted by atomic mass is 9.82. The lowest BCUT2D eigenvalue weighted by Crippen LogP contribution is -2.41. The van der Waals surface area contributed by atoms with Gasteiger partial charge in [0.25, 0.3) is 0 Å². The van der Waals surface area contributed by atoms with Gasteiger partial charge in [-0.1, -0.05) is 34.1 Å². The molecule has 0 aromatic carbocycles. The zero-order chi connectivity index (χ0) is 17.2. The van der Waals surface area contributed by atoms with Crippen molar-refractivity contribution < 1.29 is 14.2 Å². The van der Waals surface area contributed by atoms with Gasteiger partial charge in [0.1, 0.15) is 6.10 Å². The first-order chi connectivity index (χ1) is 11.0. The van der Waals surface area contributed by atoms with Gasteiger partial charge in [-0.3, -0.25) is 0 Å². The van der Waals surface area contributed by atoms with Crippen LogP contribution in [0.15, 0.2) is 0 Å². The number of ether oxygens (including phenoxy) is 3. The summed E-state index contributed by atoms with van der Waals surface area (Å²) in [6.45, 7) is 16.6. The van der Waals surface area contributed by atoms with Crippen molar-refractivity contribution >= 4 is 0 Å². The fraction of sp³-hybridized carbons (Fsp3) is 1.00. The van der Waals surface area contributed by atoms with Crippen molar-refractivity contribution in [3.8, 4) is 0 Å². The third kappa shape index (κ3) is 9.04. The van der Waals surface area contributed by atoms with Crippen molar-refractivity contribution in [1.29, 1.82) is 0 Å². The minimum Gasteiger partial charge on any atom is -0.375 e. The van der Waals surface area contributed by atoms with Gasteiger partial charge in [0.05, 0.1) is 31.5 Å². The molecule has 6 atom stereocenters. The van der Waals surface area contributed by atoms with Gasteiger partial charge in [-0.2, -0.15) is 0 Å². The van der Waals surface area contributed by atoms with Crippen LogP contribution >= 0.6 is 0 Å². The number of nitrogens with one attached hydrogen (secondary N) is 1. The van der Waals surface area contributed by atoms with Crippen LogP contribution in [0.25, 0.3) is 0 Å². The second-order valence-electron chi connectivity index (χ2n) is 7.14. The summed E-state index contributed by atoms with van der Waals surface area (Å²) in [6.07, 6.45) is 5.67. The van der Waals surface area contributed by atoms with E-state index in [1.54, 1.807) is 0 Å². The van der Waals surface area contributed by atoms with E-state index in [4.69, 9.17) is 14.2 Å². The Morgan fingerprint density at radius 3 is 2.09 bits per heavy atom. The Labute approximate surface area is 143 Å². The highest BCUT2D eigenvalue weighted by molar-refractivity contribution is 4.78. The Hall–Kier alpha value is -0.160. The van der Waals surface area contributed by atoms with Crippen LogP contribution in [-0.4, -0.2) is 50.7 Å². The summed E-state index contributed by atoms with van der Waals surface area (Å²) in [5, 5.41) is 3.26. The third-order valence-electron chi connectivity index (χ3n) is 4.61. The lowest BCUT2D eigenvalue weighted by molar-refractivity contribution is -0.0236. The normalized spacial score (nSPS) is 39.4. The molecular formula is C19H39NO3. The van der Waals surface area contributed by atoms with E-state index >= 15 is 0 Å². The van der Waals surface area contributed by atoms with Crippen molar-refractivity contribution in [3.63, 3.8) is 0 Å². The van der Waals surface area contributed by atoms with Crippen molar-refractivity contribution in [3.05, 3.63) is 0 Å². The Bertz CT molecular complexity index is 288. The maximum Gasteiger partial charge on any atom is 0.104 e. The Morgan fingerprint density at radius 1 is 1.00 bits per heavy atom. The van der Waals surface area contributed by atoms with Crippen LogP contribution in [0.1, 0.15) is 60.8 Å². The minimum atomic E-state index is 0.402. The third-order valence-corrected chi connectivity index (χ3v) is 4.61. The fourth-order valence-corrected chi connectivity index (χ4v) is 3.09. The average molecular weight is 330 g/mol. The molecule has 1 N–H and O–H groups in total. The first kappa shape index (κ1) is 20.9. The van der Waals surface area contributed by atoms with Gasteiger partial charge in [0.15, 0.2) is 0 Å². The van der Waals surface area contributed by atoms with Crippen molar-refractivity contribution in [2.45, 2.75) is 85.2 Å². The molecule has 0 spiro atoms. The van der Waals surface area contributed by atoms with Gasteiger partial charge >= 0.3 is 0 Å². The van der Waals surface area contributed by atoms with Gasteiger partial charge in [0.2, 0.25) is 0 Å². The largest absolute Gasteiger partial charge is 0.375 e. The second-order valence-corrected chi connectivity index (χ2v) is 7.14. The van der Waals surface area contributed by atoms with Gasteiger partial charge in [0, 0.05) is 13.1 Å². The van der Waals surface area contributed by atoms with Gasteiger partial charge in [-0.25, -0.2) is 0 Å². The van der Waals surface area contributed by atoms with Gasteiger partial charge in [-0.15, -0.1) is 0 Å². The topological polar surface area (TPSA) is 43.0 Å². The molecule has 0 amide bonds. The smallest absolute Gasteiger partial charge is 0.104 e. The molecule has 2 heterocycles. The summed E-state index contributed by atoms with van der Waals surface area (Å²) in [7, 11) is 0. The van der Waals surface area contributed by atoms with Crippen molar-refractivity contribution in [1.82, 2.24) is 5.32 Å². The first-order valence-electron chi connectivity index (χ1n) is 9.64. The molecule has 2 aliphatic heterocycles. The highest BCUT2D eigenvalue weighted by atomic mass is 16.6. The van der Waals surface area contributed by atoms with Crippen molar-refractivity contribution in [2.24, 2.45) is 11.8 Å². The SMILES string of the molecule is CC.CC1CCC(C)C(OCC2CO2)C1.CC1CNCC(C)O1. The molecule has 2 saturated heterocycles. The number of hydrogen-bond acceptors (Lipinski definition) is 4. The summed E-state index contributed by atoms with van der Waals surface area (Å²) >= 11 is 0. The van der Waals surface area contributed by atoms with Crippen LogP contribution in [0.2, 0.25) is 0 Å². The van der Waals surface area contributed by atoms with Crippen LogP contribution in [0.3, 0.4) is 0 Å². The summed E-state index contributed by atoms with van der Waals surface area (Å²) in [5.74, 6) is 1.59. The predicted molar refractivity (Wildman–Crippen MR) is 95.9 cm³/mol. The molecule has 23 heavy (non-hydrogen) atoms. The van der Waals surface area contributed by atoms with E-state index in [-0.39, 0.29) is 0 Å². The first-order valence-corrected chi connectivity index (χ1v) is 9.64. The molecular weight excluding hydrogens is 290 g/mol. The molecule has 138 valence electrons. The zero-order valence-electron chi connectivity index (χ0n) is 16.1. The quantitative estimate of drug-likeness (QED) is 0.803. The van der Waals surface area contributed by atoms with Crippen LogP contribution in [0, 0.1) is 11.8 Å². The minimum absolute atomic E-state index is 0.402. The summed E-state index contributed by atoms with van der Waals surface area (Å²) < 4.78 is 16.4. The molecule has 0 aromatic heterocycles. The highest BCUT2D eigenvalue weighted by Crippen LogP contribution is 2.31. The maximum atomic E-state index is 5.86. The predicted octanol–water partition coefficient (Wildman–Crippen LogP) is 3.64. The zero-order valence-corrected chi connectivity index (χ0v) is 16.1. The molecule has 0 bridgehead atoms. The van der Waals surface area contributed by atoms with E-state index in [1.807, 2.05) is 13.8 Å². The van der Waals surface area contributed by atoms with Crippen LogP contribution in [0.5, 0.6) is 0 Å². The molecule has 0 radical (unpaired) electrons. The highest BCUT2D eigenvalue weighted by Gasteiger charge is 2.29. The van der Waals surface area contributed by atoms with Crippen molar-refractivity contribution in [2.75, 3.05) is 26.3 Å². The van der Waals surface area contributed by atoms with Crippen LogP contribution < -0.4 is 5.32 Å². The Balaban J connectivity index is 0.000000228. The molecule has 3 fully saturated rings. The summed E-state index contributed by atoms with van der Waals surface area (Å²) in [4.78, 5) is 0. The second kappa shape index (κ2) is 11.4. The fourth-order valence-electron chi connectivity index (χ4n) is 3.09. The summed E-state index contributed by atoms with van der Waals surface area (Å²) in [5.41, 5.74) is 0. The molecule has 1 aliphatic carbocycles. The number of epoxide rings is 1. The Kier molecular flexibility index (Phi) is 10.4. The lowest BCUT2D eigenvalue weighted by Gasteiger charge is -2.32. The van der Waals surface area contributed by atoms with Crippen LogP contribution in [-0.2, 0) is 14.2 Å². The molecule has 6 unspecified atom stereocenters. The van der Waals surface area contributed by atoms with Crippen LogP contribution in [0.4, 0.5) is 0 Å². The van der Waals surface area contributed by atoms with E-state index in [1.165, 1.54) is 19.3 Å². The van der Waals surface area contributed by atoms with E-state index < -0.39 is 0 Å². The molecule has 4 nitrogen and oxygen atoms in total. The van der Waals surface area contributed by atoms with E-state index in [9.17, 15) is 0 Å². The van der Waals surface area contributed by atoms with E-state index in [0.717, 1.165) is 38.1 Å².